The van der Waals surface area contributed by atoms with E-state index in [1.165, 1.54) is 5.56 Å². The molecule has 1 aliphatic rings. The number of aromatic nitrogens is 1. The van der Waals surface area contributed by atoms with Gasteiger partial charge in [-0.25, -0.2) is 4.98 Å². The maximum atomic E-state index is 10.4. The number of hydrogen-bond acceptors (Lipinski definition) is 4. The Morgan fingerprint density at radius 3 is 3.18 bits per heavy atom. The summed E-state index contributed by atoms with van der Waals surface area (Å²) >= 11 is 0. The zero-order chi connectivity index (χ0) is 12.3. The van der Waals surface area contributed by atoms with Gasteiger partial charge in [0.25, 0.3) is 0 Å². The molecule has 92 valence electrons. The van der Waals surface area contributed by atoms with Crippen molar-refractivity contribution < 1.29 is 9.90 Å². The van der Waals surface area contributed by atoms with Crippen LogP contribution in [0.5, 0.6) is 0 Å². The van der Waals surface area contributed by atoms with Gasteiger partial charge in [-0.15, -0.1) is 0 Å². The van der Waals surface area contributed by atoms with Crippen molar-refractivity contribution in [3.63, 3.8) is 0 Å². The zero-order valence-corrected chi connectivity index (χ0v) is 9.94. The largest absolute Gasteiger partial charge is 0.481 e. The molecule has 17 heavy (non-hydrogen) atoms. The first-order chi connectivity index (χ1) is 8.15. The number of pyridine rings is 1. The summed E-state index contributed by atoms with van der Waals surface area (Å²) < 4.78 is 0. The van der Waals surface area contributed by atoms with E-state index in [0.717, 1.165) is 31.0 Å². The van der Waals surface area contributed by atoms with Crippen LogP contribution in [-0.4, -0.2) is 41.1 Å². The minimum atomic E-state index is -0.796. The molecule has 0 unspecified atom stereocenters. The van der Waals surface area contributed by atoms with Crippen molar-refractivity contribution in [1.29, 1.82) is 0 Å². The SMILES string of the molecule is CN1CCc2ccc(NCCC(=O)O)nc2C1. The van der Waals surface area contributed by atoms with Gasteiger partial charge in [0.15, 0.2) is 0 Å². The molecule has 0 atom stereocenters. The highest BCUT2D eigenvalue weighted by atomic mass is 16.4. The summed E-state index contributed by atoms with van der Waals surface area (Å²) in [5, 5.41) is 11.6. The fourth-order valence-electron chi connectivity index (χ4n) is 1.94. The monoisotopic (exact) mass is 235 g/mol. The topological polar surface area (TPSA) is 65.5 Å². The second kappa shape index (κ2) is 5.14. The van der Waals surface area contributed by atoms with Crippen molar-refractivity contribution in [3.8, 4) is 0 Å². The van der Waals surface area contributed by atoms with Gasteiger partial charge < -0.3 is 15.3 Å². The van der Waals surface area contributed by atoms with E-state index in [1.54, 1.807) is 0 Å². The van der Waals surface area contributed by atoms with E-state index in [2.05, 4.69) is 28.3 Å². The van der Waals surface area contributed by atoms with Crippen molar-refractivity contribution in [2.75, 3.05) is 25.5 Å². The van der Waals surface area contributed by atoms with E-state index >= 15 is 0 Å². The third kappa shape index (κ3) is 3.17. The summed E-state index contributed by atoms with van der Waals surface area (Å²) in [7, 11) is 2.08. The fraction of sp³-hybridized carbons (Fsp3) is 0.500. The van der Waals surface area contributed by atoms with Gasteiger partial charge in [-0.2, -0.15) is 0 Å². The van der Waals surface area contributed by atoms with Gasteiger partial charge in [-0.3, -0.25) is 4.79 Å². The molecule has 1 aliphatic heterocycles. The number of likely N-dealkylation sites (N-methyl/N-ethyl adjacent to an activating group) is 1. The maximum Gasteiger partial charge on any atom is 0.305 e. The summed E-state index contributed by atoms with van der Waals surface area (Å²) in [5.41, 5.74) is 2.39. The predicted octanol–water partition coefficient (Wildman–Crippen LogP) is 0.956. The van der Waals surface area contributed by atoms with Gasteiger partial charge in [0.2, 0.25) is 0 Å². The van der Waals surface area contributed by atoms with E-state index in [1.807, 2.05) is 6.07 Å². The minimum Gasteiger partial charge on any atom is -0.481 e. The van der Waals surface area contributed by atoms with Crippen molar-refractivity contribution in [1.82, 2.24) is 9.88 Å². The van der Waals surface area contributed by atoms with Gasteiger partial charge in [0, 0.05) is 19.6 Å². The smallest absolute Gasteiger partial charge is 0.305 e. The lowest BCUT2D eigenvalue weighted by molar-refractivity contribution is -0.136. The number of hydrogen-bond donors (Lipinski definition) is 2. The molecular formula is C12H17N3O2. The zero-order valence-electron chi connectivity index (χ0n) is 9.94. The van der Waals surface area contributed by atoms with Crippen LogP contribution in [0.25, 0.3) is 0 Å². The Labute approximate surface area is 100 Å². The molecule has 0 aromatic carbocycles. The van der Waals surface area contributed by atoms with Gasteiger partial charge in [0.1, 0.15) is 5.82 Å². The highest BCUT2D eigenvalue weighted by molar-refractivity contribution is 5.67. The van der Waals surface area contributed by atoms with Crippen LogP contribution in [0.4, 0.5) is 5.82 Å². The average Bonchev–Trinajstić information content (AvgIpc) is 2.28. The number of nitrogens with one attached hydrogen (secondary N) is 1. The summed E-state index contributed by atoms with van der Waals surface area (Å²) in [4.78, 5) is 17.1. The molecule has 1 aromatic heterocycles. The quantitative estimate of drug-likeness (QED) is 0.813. The number of carboxylic acid groups (broad SMARTS) is 1. The molecule has 0 radical (unpaired) electrons. The molecule has 2 N–H and O–H groups in total. The van der Waals surface area contributed by atoms with Crippen LogP contribution < -0.4 is 5.32 Å². The molecule has 2 rings (SSSR count). The van der Waals surface area contributed by atoms with Crippen LogP contribution in [0.1, 0.15) is 17.7 Å². The van der Waals surface area contributed by atoms with Crippen LogP contribution in [0.15, 0.2) is 12.1 Å². The molecule has 0 amide bonds. The molecule has 0 saturated carbocycles. The highest BCUT2D eigenvalue weighted by Crippen LogP contribution is 2.18. The molecule has 5 heteroatoms. The lowest BCUT2D eigenvalue weighted by Crippen LogP contribution is -2.27. The van der Waals surface area contributed by atoms with Crippen molar-refractivity contribution in [2.45, 2.75) is 19.4 Å². The maximum absolute atomic E-state index is 10.4. The van der Waals surface area contributed by atoms with Crippen LogP contribution in [0.2, 0.25) is 0 Å². The Bertz CT molecular complexity index is 420. The molecular weight excluding hydrogens is 218 g/mol. The summed E-state index contributed by atoms with van der Waals surface area (Å²) in [6.07, 6.45) is 1.15. The summed E-state index contributed by atoms with van der Waals surface area (Å²) in [6, 6.07) is 4.00. The summed E-state index contributed by atoms with van der Waals surface area (Å²) in [5.74, 6) is -0.0320. The molecule has 0 spiro atoms. The first-order valence-corrected chi connectivity index (χ1v) is 5.78. The van der Waals surface area contributed by atoms with Gasteiger partial charge in [0.05, 0.1) is 12.1 Å². The minimum absolute atomic E-state index is 0.110. The molecule has 0 saturated heterocycles. The Hall–Kier alpha value is -1.62. The molecule has 5 nitrogen and oxygen atoms in total. The first kappa shape index (κ1) is 11.9. The Balaban J connectivity index is 2.00. The molecule has 2 heterocycles. The highest BCUT2D eigenvalue weighted by Gasteiger charge is 2.14. The molecule has 0 fully saturated rings. The summed E-state index contributed by atoms with van der Waals surface area (Å²) in [6.45, 7) is 2.35. The van der Waals surface area contributed by atoms with Crippen molar-refractivity contribution in [3.05, 3.63) is 23.4 Å². The third-order valence-corrected chi connectivity index (χ3v) is 2.90. The average molecular weight is 235 g/mol. The Kier molecular flexibility index (Phi) is 3.58. The molecule has 1 aromatic rings. The standard InChI is InChI=1S/C12H17N3O2/c1-15-7-5-9-2-3-11(14-10(9)8-15)13-6-4-12(16)17/h2-3H,4-8H2,1H3,(H,13,14)(H,16,17). The lowest BCUT2D eigenvalue weighted by Gasteiger charge is -2.24. The number of anilines is 1. The second-order valence-corrected chi connectivity index (χ2v) is 4.36. The van der Waals surface area contributed by atoms with Crippen LogP contribution in [0, 0.1) is 0 Å². The van der Waals surface area contributed by atoms with Gasteiger partial charge >= 0.3 is 5.97 Å². The number of carbonyl (C=O) groups is 1. The normalized spacial score (nSPS) is 15.4. The van der Waals surface area contributed by atoms with E-state index in [0.29, 0.717) is 6.54 Å². The van der Waals surface area contributed by atoms with Crippen LogP contribution in [0.3, 0.4) is 0 Å². The van der Waals surface area contributed by atoms with Crippen LogP contribution >= 0.6 is 0 Å². The third-order valence-electron chi connectivity index (χ3n) is 2.90. The van der Waals surface area contributed by atoms with Crippen LogP contribution in [-0.2, 0) is 17.8 Å². The fourth-order valence-corrected chi connectivity index (χ4v) is 1.94. The molecule has 0 aliphatic carbocycles. The van der Waals surface area contributed by atoms with Crippen molar-refractivity contribution >= 4 is 11.8 Å². The lowest BCUT2D eigenvalue weighted by atomic mass is 10.1. The van der Waals surface area contributed by atoms with E-state index in [-0.39, 0.29) is 6.42 Å². The van der Waals surface area contributed by atoms with E-state index < -0.39 is 5.97 Å². The van der Waals surface area contributed by atoms with Gasteiger partial charge in [-0.1, -0.05) is 6.07 Å². The Morgan fingerprint density at radius 1 is 1.59 bits per heavy atom. The predicted molar refractivity (Wildman–Crippen MR) is 65.0 cm³/mol. The Morgan fingerprint density at radius 2 is 2.41 bits per heavy atom. The second-order valence-electron chi connectivity index (χ2n) is 4.36. The van der Waals surface area contributed by atoms with Gasteiger partial charge in [-0.05, 0) is 25.1 Å². The number of aliphatic carboxylic acids is 1. The number of carboxylic acids is 1. The number of fused-ring (bicyclic) bond motifs is 1. The van der Waals surface area contributed by atoms with E-state index in [9.17, 15) is 4.79 Å². The number of nitrogens with zero attached hydrogens (tertiary/aromatic N) is 2. The van der Waals surface area contributed by atoms with Crippen molar-refractivity contribution in [2.24, 2.45) is 0 Å². The first-order valence-electron chi connectivity index (χ1n) is 5.78. The molecule has 0 bridgehead atoms. The van der Waals surface area contributed by atoms with E-state index in [4.69, 9.17) is 5.11 Å². The number of rotatable bonds is 4.